The highest BCUT2D eigenvalue weighted by atomic mass is 31.2. The van der Waals surface area contributed by atoms with Crippen molar-refractivity contribution in [3.05, 3.63) is 53.1 Å². The summed E-state index contributed by atoms with van der Waals surface area (Å²) in [6, 6.07) is 4.79. The van der Waals surface area contributed by atoms with Crippen molar-refractivity contribution in [2.24, 2.45) is 34.5 Å². The molecule has 1 aromatic rings. The summed E-state index contributed by atoms with van der Waals surface area (Å²) in [5.41, 5.74) is -0.396. The van der Waals surface area contributed by atoms with Gasteiger partial charge < -0.3 is 38.7 Å². The molecular formula is C45H65N3O12P+. The summed E-state index contributed by atoms with van der Waals surface area (Å²) >= 11 is 0. The molecular weight excluding hydrogens is 805 g/mol. The number of ketones is 2. The first-order valence-electron chi connectivity index (χ1n) is 22.3. The van der Waals surface area contributed by atoms with Crippen LogP contribution in [0.25, 0.3) is 0 Å². The first-order chi connectivity index (χ1) is 28.9. The Balaban J connectivity index is 0.941. The van der Waals surface area contributed by atoms with E-state index in [-0.39, 0.29) is 47.5 Å². The number of quaternary nitrogens is 1. The predicted octanol–water partition coefficient (Wildman–Crippen LogP) is 3.73. The molecule has 2 heterocycles. The molecule has 6 fully saturated rings. The third kappa shape index (κ3) is 8.38. The minimum absolute atomic E-state index is 0.0170. The maximum Gasteiger partial charge on any atom is 0.524 e. The Morgan fingerprint density at radius 3 is 2.56 bits per heavy atom. The summed E-state index contributed by atoms with van der Waals surface area (Å²) in [4.78, 5) is 61.9. The second-order valence-corrected chi connectivity index (χ2v) is 21.0. The Bertz CT molecular complexity index is 1970. The molecule has 5 N–H and O–H groups in total. The molecule has 336 valence electrons. The van der Waals surface area contributed by atoms with Crippen LogP contribution in [0.2, 0.25) is 0 Å². The average molecular weight is 871 g/mol. The normalized spacial score (nSPS) is 36.6. The highest BCUT2D eigenvalue weighted by Crippen LogP contribution is 2.70. The minimum Gasteiger partial charge on any atom is -0.457 e. The van der Waals surface area contributed by atoms with Gasteiger partial charge in [-0.1, -0.05) is 50.8 Å². The van der Waals surface area contributed by atoms with Gasteiger partial charge in [-0.15, -0.1) is 0 Å². The highest BCUT2D eigenvalue weighted by Gasteiger charge is 2.76. The molecule has 4 saturated carbocycles. The molecule has 2 saturated heterocycles. The fourth-order valence-corrected chi connectivity index (χ4v) is 13.3. The number of phosphoric ester groups is 1. The van der Waals surface area contributed by atoms with E-state index in [1.54, 1.807) is 31.3 Å². The van der Waals surface area contributed by atoms with Crippen LogP contribution in [0.5, 0.6) is 5.75 Å². The lowest BCUT2D eigenvalue weighted by atomic mass is 9.46. The number of carbonyl (C=O) groups is 3. The van der Waals surface area contributed by atoms with Crippen molar-refractivity contribution in [2.75, 3.05) is 60.0 Å². The number of benzene rings is 1. The lowest BCUT2D eigenvalue weighted by Gasteiger charge is -2.59. The third-order valence-corrected chi connectivity index (χ3v) is 16.4. The summed E-state index contributed by atoms with van der Waals surface area (Å²) < 4.78 is 37.0. The number of nitrogens with zero attached hydrogens (tertiary/aromatic N) is 2. The number of esters is 1. The van der Waals surface area contributed by atoms with E-state index in [1.165, 1.54) is 6.07 Å². The molecule has 0 aromatic heterocycles. The number of ether oxygens (including phenoxy) is 3. The number of fused-ring (bicyclic) bond motifs is 7. The number of aliphatic hydroxyl groups is 2. The van der Waals surface area contributed by atoms with Gasteiger partial charge in [0.2, 0.25) is 5.78 Å². The zero-order valence-electron chi connectivity index (χ0n) is 36.0. The maximum atomic E-state index is 14.9. The zero-order valence-corrected chi connectivity index (χ0v) is 36.9. The van der Waals surface area contributed by atoms with Crippen LogP contribution in [0.1, 0.15) is 88.9 Å². The number of carbonyl (C=O) groups excluding carboxylic acids is 3. The molecule has 0 radical (unpaired) electrons. The van der Waals surface area contributed by atoms with E-state index in [1.807, 2.05) is 18.0 Å². The summed E-state index contributed by atoms with van der Waals surface area (Å²) in [7, 11) is -1.09. The summed E-state index contributed by atoms with van der Waals surface area (Å²) in [6.45, 7) is 6.69. The average Bonchev–Trinajstić information content (AvgIpc) is 3.71. The number of rotatable bonds is 13. The third-order valence-electron chi connectivity index (χ3n) is 16.0. The van der Waals surface area contributed by atoms with Gasteiger partial charge in [-0.3, -0.25) is 29.1 Å². The number of phosphoric acid groups is 1. The first kappa shape index (κ1) is 44.8. The van der Waals surface area contributed by atoms with Gasteiger partial charge in [0.15, 0.2) is 24.3 Å². The monoisotopic (exact) mass is 870 g/mol. The van der Waals surface area contributed by atoms with Crippen LogP contribution in [0.15, 0.2) is 42.0 Å². The number of hydrogen-bond acceptors (Lipinski definition) is 12. The minimum atomic E-state index is -4.84. The van der Waals surface area contributed by atoms with Crippen molar-refractivity contribution in [1.29, 1.82) is 0 Å². The molecule has 15 nitrogen and oxygen atoms in total. The van der Waals surface area contributed by atoms with E-state index in [2.05, 4.69) is 19.2 Å². The zero-order chi connectivity index (χ0) is 43.5. The summed E-state index contributed by atoms with van der Waals surface area (Å²) in [6.07, 6.45) is 10.5. The van der Waals surface area contributed by atoms with Gasteiger partial charge in [-0.25, -0.2) is 4.57 Å². The molecule has 2 aliphatic heterocycles. The van der Waals surface area contributed by atoms with Crippen LogP contribution in [0.4, 0.5) is 0 Å². The van der Waals surface area contributed by atoms with Crippen LogP contribution >= 0.6 is 7.82 Å². The fourth-order valence-electron chi connectivity index (χ4n) is 12.9. The largest absolute Gasteiger partial charge is 0.524 e. The van der Waals surface area contributed by atoms with Crippen molar-refractivity contribution in [2.45, 2.75) is 108 Å². The standard InChI is InChI=1S/C45H64N3O12P/c1-43-15-14-32(49)21-31(43)11-12-33-34-22-39-45(44(34,2)23-35(50)41(33)43,59-42(58-39)28-8-6-5-7-9-28)38(52)27-57-40(53)25-47-16-18-48(4,19-17-47)26-30-20-29(36(51)24-46-3)10-13-37(30)60-61(54,55)56/h10,13-15,20-21,28,33-36,39,41-42,46,50-51H,5-9,11-12,16-19,22-27H2,1-4H3,(H-,54,55,56)/p+1/t33-,34-,35-,36?,39+,41+,42+,43-,44-,45+/m0/s1. The number of hydrogen-bond donors (Lipinski definition) is 5. The maximum absolute atomic E-state index is 14.9. The van der Waals surface area contributed by atoms with Gasteiger partial charge in [0, 0.05) is 47.9 Å². The Morgan fingerprint density at radius 1 is 1.11 bits per heavy atom. The van der Waals surface area contributed by atoms with Gasteiger partial charge in [-0.05, 0) is 87.3 Å². The highest BCUT2D eigenvalue weighted by molar-refractivity contribution is 7.46. The number of piperazine rings is 1. The lowest BCUT2D eigenvalue weighted by molar-refractivity contribution is -0.926. The SMILES string of the molecule is CNCC(O)c1ccc(OP(=O)(O)O)c(C[N+]2(C)CCN(CC(=O)OCC(=O)[C@@]34O[C@H](C5CCCCC5)O[C@@H]3C[C@H]3[C@@H]5CCC6=CC(=O)C=C[C@]6(C)[C@H]5[C@@H](O)C[C@@]34C)CC2)c1. The summed E-state index contributed by atoms with van der Waals surface area (Å²) in [5.74, 6) is -0.656. The fraction of sp³-hybridized carbons (Fsp3) is 0.711. The van der Waals surface area contributed by atoms with Gasteiger partial charge in [0.25, 0.3) is 0 Å². The predicted molar refractivity (Wildman–Crippen MR) is 222 cm³/mol. The van der Waals surface area contributed by atoms with Crippen molar-refractivity contribution >= 4 is 25.4 Å². The van der Waals surface area contributed by atoms with Crippen molar-refractivity contribution in [3.63, 3.8) is 0 Å². The first-order valence-corrected chi connectivity index (χ1v) is 23.8. The van der Waals surface area contributed by atoms with E-state index in [9.17, 15) is 38.9 Å². The van der Waals surface area contributed by atoms with Crippen LogP contribution < -0.4 is 9.84 Å². The van der Waals surface area contributed by atoms with Crippen LogP contribution in [-0.2, 0) is 39.7 Å². The van der Waals surface area contributed by atoms with Gasteiger partial charge in [0.05, 0.1) is 45.0 Å². The van der Waals surface area contributed by atoms with E-state index < -0.39 is 61.4 Å². The van der Waals surface area contributed by atoms with Gasteiger partial charge in [0.1, 0.15) is 12.3 Å². The van der Waals surface area contributed by atoms with E-state index in [0.29, 0.717) is 67.7 Å². The molecule has 5 aliphatic carbocycles. The summed E-state index contributed by atoms with van der Waals surface area (Å²) in [5, 5.41) is 25.7. The second kappa shape index (κ2) is 17.0. The number of Topliss-reactive ketones (excluding diaryl/α,β-unsaturated/α-hetero) is 1. The molecule has 16 heteroatoms. The molecule has 7 aliphatic rings. The lowest BCUT2D eigenvalue weighted by Crippen LogP contribution is -2.64. The van der Waals surface area contributed by atoms with E-state index >= 15 is 0 Å². The Hall–Kier alpha value is -2.82. The molecule has 1 aromatic carbocycles. The molecule has 0 bridgehead atoms. The van der Waals surface area contributed by atoms with Crippen LogP contribution in [0, 0.1) is 34.5 Å². The molecule has 10 atom stereocenters. The van der Waals surface area contributed by atoms with Crippen LogP contribution in [0.3, 0.4) is 0 Å². The number of nitrogens with one attached hydrogen (secondary N) is 1. The van der Waals surface area contributed by atoms with E-state index in [4.69, 9.17) is 18.7 Å². The van der Waals surface area contributed by atoms with Crippen molar-refractivity contribution < 1.29 is 62.2 Å². The molecule has 8 rings (SSSR count). The molecule has 1 unspecified atom stereocenters. The Morgan fingerprint density at radius 2 is 1.85 bits per heavy atom. The Labute approximate surface area is 358 Å². The van der Waals surface area contributed by atoms with Gasteiger partial charge in [-0.2, -0.15) is 0 Å². The topological polar surface area (TPSA) is 201 Å². The molecule has 61 heavy (non-hydrogen) atoms. The number of aliphatic hydroxyl groups excluding tert-OH is 2. The Kier molecular flexibility index (Phi) is 12.4. The van der Waals surface area contributed by atoms with Crippen molar-refractivity contribution in [3.8, 4) is 5.75 Å². The molecule has 0 spiro atoms. The number of likely N-dealkylation sites (N-methyl/N-ethyl adjacent to an activating group) is 2. The molecule has 0 amide bonds. The smallest absolute Gasteiger partial charge is 0.457 e. The van der Waals surface area contributed by atoms with Gasteiger partial charge >= 0.3 is 13.8 Å². The van der Waals surface area contributed by atoms with Crippen LogP contribution in [-0.4, -0.2) is 131 Å². The number of allylic oxidation sites excluding steroid dienone is 4. The second-order valence-electron chi connectivity index (χ2n) is 19.8. The van der Waals surface area contributed by atoms with Crippen molar-refractivity contribution in [1.82, 2.24) is 10.2 Å². The van der Waals surface area contributed by atoms with E-state index in [0.717, 1.165) is 50.5 Å². The quantitative estimate of drug-likeness (QED) is 0.109.